The molecule has 33 heavy (non-hydrogen) atoms. The van der Waals surface area contributed by atoms with Crippen molar-refractivity contribution in [1.82, 2.24) is 4.98 Å². The van der Waals surface area contributed by atoms with E-state index in [-0.39, 0.29) is 25.2 Å². The van der Waals surface area contributed by atoms with Crippen LogP contribution in [0.3, 0.4) is 0 Å². The summed E-state index contributed by atoms with van der Waals surface area (Å²) in [5, 5.41) is 20.4. The van der Waals surface area contributed by atoms with Gasteiger partial charge in [0.1, 0.15) is 5.01 Å². The highest BCUT2D eigenvalue weighted by molar-refractivity contribution is 7.15. The summed E-state index contributed by atoms with van der Waals surface area (Å²) < 4.78 is 44.2. The summed E-state index contributed by atoms with van der Waals surface area (Å²) in [7, 11) is 0. The first-order valence-corrected chi connectivity index (χ1v) is 11.9. The van der Waals surface area contributed by atoms with Crippen LogP contribution < -0.4 is 0 Å². The van der Waals surface area contributed by atoms with E-state index in [0.717, 1.165) is 33.9 Å². The van der Waals surface area contributed by atoms with Crippen molar-refractivity contribution in [2.75, 3.05) is 13.2 Å². The minimum Gasteiger partial charge on any atom is -0.394 e. The van der Waals surface area contributed by atoms with E-state index in [1.165, 1.54) is 23.5 Å². The smallest absolute Gasteiger partial charge is 0.394 e. The van der Waals surface area contributed by atoms with Gasteiger partial charge >= 0.3 is 6.18 Å². The fourth-order valence-corrected chi connectivity index (χ4v) is 5.06. The van der Waals surface area contributed by atoms with Gasteiger partial charge in [-0.25, -0.2) is 4.98 Å². The Bertz CT molecular complexity index is 993. The molecule has 1 aromatic heterocycles. The number of thiazole rings is 1. The number of aromatic nitrogens is 1. The first kappa shape index (κ1) is 25.6. The predicted molar refractivity (Wildman–Crippen MR) is 124 cm³/mol. The number of nitrogens with zero attached hydrogens (tertiary/aromatic N) is 1. The molecule has 0 radical (unpaired) electrons. The number of aliphatic hydroxyl groups is 2. The second-order valence-corrected chi connectivity index (χ2v) is 9.61. The average molecular weight is 482 g/mol. The highest BCUT2D eigenvalue weighted by atomic mass is 32.1. The predicted octanol–water partition coefficient (Wildman–Crippen LogP) is 5.90. The summed E-state index contributed by atoms with van der Waals surface area (Å²) in [6, 6.07) is 5.08. The largest absolute Gasteiger partial charge is 0.416 e. The van der Waals surface area contributed by atoms with Crippen molar-refractivity contribution in [3.63, 3.8) is 0 Å². The van der Waals surface area contributed by atoms with Gasteiger partial charge in [-0.2, -0.15) is 13.2 Å². The second kappa shape index (κ2) is 11.0. The lowest BCUT2D eigenvalue weighted by Crippen LogP contribution is -2.21. The third-order valence-electron chi connectivity index (χ3n) is 5.64. The molecule has 0 aliphatic heterocycles. The third-order valence-corrected chi connectivity index (χ3v) is 6.82. The number of hydrogen-bond donors (Lipinski definition) is 2. The van der Waals surface area contributed by atoms with Crippen LogP contribution in [0.15, 0.2) is 47.6 Å². The monoisotopic (exact) mass is 481 g/mol. The molecule has 0 saturated heterocycles. The molecule has 180 valence electrons. The molecule has 1 aliphatic carbocycles. The van der Waals surface area contributed by atoms with Crippen molar-refractivity contribution < 1.29 is 28.1 Å². The SMILES string of the molecule is CC1=CC(C(O)CCc2sc(-c3ccc(C(F)(F)F)cc3)nc2C(C)C)=CCC1OCCO. The highest BCUT2D eigenvalue weighted by Gasteiger charge is 2.30. The van der Waals surface area contributed by atoms with Crippen LogP contribution in [0.4, 0.5) is 13.2 Å². The van der Waals surface area contributed by atoms with Crippen LogP contribution in [-0.2, 0) is 17.3 Å². The number of aliphatic hydroxyl groups excluding tert-OH is 2. The van der Waals surface area contributed by atoms with E-state index in [2.05, 4.69) is 0 Å². The summed E-state index contributed by atoms with van der Waals surface area (Å²) >= 11 is 1.47. The maximum absolute atomic E-state index is 12.9. The van der Waals surface area contributed by atoms with Gasteiger partial charge in [-0.3, -0.25) is 0 Å². The van der Waals surface area contributed by atoms with E-state index in [9.17, 15) is 18.3 Å². The molecule has 1 aromatic carbocycles. The summed E-state index contributed by atoms with van der Waals surface area (Å²) in [6.45, 7) is 6.29. The zero-order valence-electron chi connectivity index (χ0n) is 19.0. The van der Waals surface area contributed by atoms with Gasteiger partial charge in [0.25, 0.3) is 0 Å². The lowest BCUT2D eigenvalue weighted by Gasteiger charge is -2.24. The average Bonchev–Trinajstić information content (AvgIpc) is 3.21. The highest BCUT2D eigenvalue weighted by Crippen LogP contribution is 2.35. The molecular formula is C25H30F3NO3S. The topological polar surface area (TPSA) is 62.6 Å². The number of rotatable bonds is 9. The summed E-state index contributed by atoms with van der Waals surface area (Å²) in [4.78, 5) is 5.75. The molecule has 3 rings (SSSR count). The lowest BCUT2D eigenvalue weighted by atomic mass is 9.92. The number of ether oxygens (including phenoxy) is 1. The molecule has 2 unspecified atom stereocenters. The Kier molecular flexibility index (Phi) is 8.50. The fourth-order valence-electron chi connectivity index (χ4n) is 3.82. The summed E-state index contributed by atoms with van der Waals surface area (Å²) in [5.41, 5.74) is 2.77. The van der Waals surface area contributed by atoms with E-state index in [4.69, 9.17) is 14.8 Å². The quantitative estimate of drug-likeness (QED) is 0.468. The maximum atomic E-state index is 12.9. The normalized spacial score (nSPS) is 17.8. The van der Waals surface area contributed by atoms with Gasteiger partial charge in [-0.15, -0.1) is 11.3 Å². The standard InChI is InChI=1S/C25H30F3NO3S/c1-15(2)23-22(33-24(29-23)17-4-7-19(8-5-17)25(26,27)28)11-9-20(31)18-6-10-21(16(3)14-18)32-13-12-30/h4-8,14-15,20-21,30-31H,9-13H2,1-3H3. The zero-order chi connectivity index (χ0) is 24.2. The second-order valence-electron chi connectivity index (χ2n) is 8.52. The van der Waals surface area contributed by atoms with Crippen molar-refractivity contribution in [2.45, 2.75) is 64.3 Å². The van der Waals surface area contributed by atoms with Gasteiger partial charge in [0, 0.05) is 10.4 Å². The first-order valence-electron chi connectivity index (χ1n) is 11.1. The van der Waals surface area contributed by atoms with Gasteiger partial charge < -0.3 is 14.9 Å². The zero-order valence-corrected chi connectivity index (χ0v) is 19.8. The molecule has 8 heteroatoms. The van der Waals surface area contributed by atoms with Crippen molar-refractivity contribution in [1.29, 1.82) is 0 Å². The molecule has 2 atom stereocenters. The van der Waals surface area contributed by atoms with Crippen molar-refractivity contribution in [3.05, 3.63) is 63.7 Å². The number of benzene rings is 1. The Hall–Kier alpha value is -2.00. The van der Waals surface area contributed by atoms with Crippen LogP contribution in [0.25, 0.3) is 10.6 Å². The van der Waals surface area contributed by atoms with Crippen LogP contribution >= 0.6 is 11.3 Å². The van der Waals surface area contributed by atoms with Gasteiger partial charge in [-0.05, 0) is 55.4 Å². The van der Waals surface area contributed by atoms with E-state index in [1.807, 2.05) is 32.9 Å². The van der Waals surface area contributed by atoms with E-state index in [0.29, 0.717) is 29.8 Å². The number of alkyl halides is 3. The van der Waals surface area contributed by atoms with Crippen LogP contribution in [0, 0.1) is 0 Å². The molecule has 2 N–H and O–H groups in total. The molecule has 0 amide bonds. The number of hydrogen-bond acceptors (Lipinski definition) is 5. The van der Waals surface area contributed by atoms with Crippen molar-refractivity contribution in [2.24, 2.45) is 0 Å². The molecule has 1 heterocycles. The Morgan fingerprint density at radius 3 is 2.48 bits per heavy atom. The molecule has 0 bridgehead atoms. The lowest BCUT2D eigenvalue weighted by molar-refractivity contribution is -0.137. The van der Waals surface area contributed by atoms with Gasteiger partial charge in [-0.1, -0.05) is 38.1 Å². The fraction of sp³-hybridized carbons (Fsp3) is 0.480. The van der Waals surface area contributed by atoms with Crippen LogP contribution in [0.5, 0.6) is 0 Å². The Morgan fingerprint density at radius 2 is 1.91 bits per heavy atom. The van der Waals surface area contributed by atoms with Gasteiger partial charge in [0.2, 0.25) is 0 Å². The Labute approximate surface area is 196 Å². The third kappa shape index (κ3) is 6.53. The minimum absolute atomic E-state index is 0.0233. The molecule has 0 spiro atoms. The molecule has 4 nitrogen and oxygen atoms in total. The van der Waals surface area contributed by atoms with E-state index >= 15 is 0 Å². The molecule has 1 aliphatic rings. The number of aryl methyl sites for hydroxylation is 1. The van der Waals surface area contributed by atoms with E-state index in [1.54, 1.807) is 0 Å². The Balaban J connectivity index is 1.70. The maximum Gasteiger partial charge on any atom is 0.416 e. The Morgan fingerprint density at radius 1 is 1.21 bits per heavy atom. The number of halogens is 3. The molecular weight excluding hydrogens is 451 g/mol. The summed E-state index contributed by atoms with van der Waals surface area (Å²) in [6.07, 6.45) is 0.655. The molecule has 0 fully saturated rings. The van der Waals surface area contributed by atoms with Crippen LogP contribution in [0.1, 0.15) is 55.7 Å². The van der Waals surface area contributed by atoms with Gasteiger partial charge in [0.15, 0.2) is 0 Å². The molecule has 0 saturated carbocycles. The van der Waals surface area contributed by atoms with Crippen LogP contribution in [0.2, 0.25) is 0 Å². The van der Waals surface area contributed by atoms with E-state index < -0.39 is 17.8 Å². The van der Waals surface area contributed by atoms with Crippen LogP contribution in [-0.4, -0.2) is 40.6 Å². The van der Waals surface area contributed by atoms with Crippen molar-refractivity contribution >= 4 is 11.3 Å². The summed E-state index contributed by atoms with van der Waals surface area (Å²) in [5.74, 6) is 0.164. The minimum atomic E-state index is -4.36. The first-order chi connectivity index (χ1) is 15.6. The van der Waals surface area contributed by atoms with Gasteiger partial charge in [0.05, 0.1) is 36.7 Å². The van der Waals surface area contributed by atoms with Crippen molar-refractivity contribution in [3.8, 4) is 10.6 Å². The molecule has 2 aromatic rings.